The minimum Gasteiger partial charge on any atom is -0.339 e. The number of carbonyl (C=O) groups excluding carboxylic acids is 2. The lowest BCUT2D eigenvalue weighted by atomic mass is 9.90. The molecule has 1 spiro atoms. The molecule has 4 rings (SSSR count). The molecule has 1 aromatic heterocycles. The third kappa shape index (κ3) is 4.15. The maximum absolute atomic E-state index is 12.9. The van der Waals surface area contributed by atoms with Gasteiger partial charge in [-0.15, -0.1) is 0 Å². The van der Waals surface area contributed by atoms with E-state index >= 15 is 0 Å². The highest BCUT2D eigenvalue weighted by atomic mass is 19.4. The fourth-order valence-corrected chi connectivity index (χ4v) is 4.38. The number of hydrogen-bond acceptors (Lipinski definition) is 5. The van der Waals surface area contributed by atoms with Crippen molar-refractivity contribution in [2.24, 2.45) is 11.3 Å². The number of hydrogen-bond donors (Lipinski definition) is 0. The highest BCUT2D eigenvalue weighted by Gasteiger charge is 2.59. The normalized spacial score (nSPS) is 20.0. The number of aryl methyl sites for hydroxylation is 1. The molecular formula is C21H23F3N4O3. The number of rotatable bonds is 4. The van der Waals surface area contributed by atoms with Crippen LogP contribution in [0, 0.1) is 18.3 Å². The van der Waals surface area contributed by atoms with Crippen molar-refractivity contribution in [1.82, 2.24) is 20.1 Å². The van der Waals surface area contributed by atoms with E-state index in [2.05, 4.69) is 14.9 Å². The topological polar surface area (TPSA) is 79.5 Å². The largest absolute Gasteiger partial charge is 0.416 e. The molecule has 31 heavy (non-hydrogen) atoms. The summed E-state index contributed by atoms with van der Waals surface area (Å²) < 4.78 is 43.5. The van der Waals surface area contributed by atoms with Crippen LogP contribution < -0.4 is 0 Å². The van der Waals surface area contributed by atoms with Gasteiger partial charge in [-0.1, -0.05) is 16.4 Å². The Labute approximate surface area is 177 Å². The summed E-state index contributed by atoms with van der Waals surface area (Å²) >= 11 is 0. The summed E-state index contributed by atoms with van der Waals surface area (Å²) in [6.45, 7) is 2.94. The number of likely N-dealkylation sites (tertiary alicyclic amines) is 1. The first kappa shape index (κ1) is 21.3. The lowest BCUT2D eigenvalue weighted by Crippen LogP contribution is -2.40. The first-order chi connectivity index (χ1) is 14.6. The molecule has 2 heterocycles. The predicted molar refractivity (Wildman–Crippen MR) is 103 cm³/mol. The van der Waals surface area contributed by atoms with Gasteiger partial charge in [0.1, 0.15) is 11.4 Å². The van der Waals surface area contributed by atoms with Gasteiger partial charge in [0.2, 0.25) is 5.91 Å². The summed E-state index contributed by atoms with van der Waals surface area (Å²) in [6.07, 6.45) is -2.41. The fourth-order valence-electron chi connectivity index (χ4n) is 4.38. The number of alkyl halides is 3. The molecule has 2 amide bonds. The minimum atomic E-state index is -4.49. The Morgan fingerprint density at radius 1 is 1.26 bits per heavy atom. The van der Waals surface area contributed by atoms with Gasteiger partial charge in [-0.3, -0.25) is 9.59 Å². The highest BCUT2D eigenvalue weighted by molar-refractivity contribution is 5.94. The molecular weight excluding hydrogens is 413 g/mol. The maximum atomic E-state index is 12.9. The molecule has 0 bridgehead atoms. The van der Waals surface area contributed by atoms with E-state index in [0.717, 1.165) is 18.6 Å². The summed E-state index contributed by atoms with van der Waals surface area (Å²) in [5.41, 5.74) is 0.331. The highest BCUT2D eigenvalue weighted by Crippen LogP contribution is 2.60. The van der Waals surface area contributed by atoms with Gasteiger partial charge in [0.15, 0.2) is 0 Å². The van der Waals surface area contributed by atoms with Gasteiger partial charge in [0.25, 0.3) is 5.91 Å². The van der Waals surface area contributed by atoms with Crippen LogP contribution in [0.3, 0.4) is 0 Å². The SMILES string of the molecule is Cc1nonc1CN(C)C(=O)C1CC12CCN(C(=O)c1cccc(C(F)(F)F)c1)CC2. The summed E-state index contributed by atoms with van der Waals surface area (Å²) in [4.78, 5) is 28.7. The van der Waals surface area contributed by atoms with Crippen molar-refractivity contribution in [1.29, 1.82) is 0 Å². The number of amides is 2. The van der Waals surface area contributed by atoms with Crippen molar-refractivity contribution >= 4 is 11.8 Å². The van der Waals surface area contributed by atoms with E-state index in [1.54, 1.807) is 23.8 Å². The van der Waals surface area contributed by atoms with E-state index in [-0.39, 0.29) is 22.8 Å². The van der Waals surface area contributed by atoms with E-state index in [1.165, 1.54) is 12.1 Å². The first-order valence-electron chi connectivity index (χ1n) is 10.1. The molecule has 1 aliphatic heterocycles. The summed E-state index contributed by atoms with van der Waals surface area (Å²) in [5, 5.41) is 7.52. The number of piperidine rings is 1. The Morgan fingerprint density at radius 2 is 1.97 bits per heavy atom. The maximum Gasteiger partial charge on any atom is 0.416 e. The predicted octanol–water partition coefficient (Wildman–Crippen LogP) is 3.30. The third-order valence-corrected chi connectivity index (χ3v) is 6.48. The molecule has 166 valence electrons. The van der Waals surface area contributed by atoms with Gasteiger partial charge in [-0.2, -0.15) is 13.2 Å². The van der Waals surface area contributed by atoms with Gasteiger partial charge >= 0.3 is 6.18 Å². The van der Waals surface area contributed by atoms with Gasteiger partial charge in [-0.25, -0.2) is 4.63 Å². The lowest BCUT2D eigenvalue weighted by molar-refractivity contribution is -0.137. The standard InChI is InChI=1S/C21H23F3N4O3/c1-13-17(26-31-25-13)12-27(2)19(30)16-11-20(16)6-8-28(9-7-20)18(29)14-4-3-5-15(10-14)21(22,23)24/h3-5,10,16H,6-9,11-12H2,1-2H3. The summed E-state index contributed by atoms with van der Waals surface area (Å²) in [7, 11) is 1.72. The Hall–Kier alpha value is -2.91. The fraction of sp³-hybridized carbons (Fsp3) is 0.524. The average molecular weight is 436 g/mol. The van der Waals surface area contributed by atoms with Crippen molar-refractivity contribution < 1.29 is 27.4 Å². The van der Waals surface area contributed by atoms with E-state index in [4.69, 9.17) is 0 Å². The molecule has 1 unspecified atom stereocenters. The Balaban J connectivity index is 1.34. The molecule has 2 fully saturated rings. The quantitative estimate of drug-likeness (QED) is 0.735. The second-order valence-corrected chi connectivity index (χ2v) is 8.48. The smallest absolute Gasteiger partial charge is 0.339 e. The molecule has 2 aromatic rings. The average Bonchev–Trinajstić information content (AvgIpc) is 3.29. The lowest BCUT2D eigenvalue weighted by Gasteiger charge is -2.33. The molecule has 1 aromatic carbocycles. The summed E-state index contributed by atoms with van der Waals surface area (Å²) in [5.74, 6) is -0.487. The van der Waals surface area contributed by atoms with Gasteiger partial charge < -0.3 is 9.80 Å². The number of carbonyl (C=O) groups is 2. The first-order valence-corrected chi connectivity index (χ1v) is 10.1. The number of nitrogens with zero attached hydrogens (tertiary/aromatic N) is 4. The molecule has 0 radical (unpaired) electrons. The van der Waals surface area contributed by atoms with Crippen molar-refractivity contribution in [3.05, 3.63) is 46.8 Å². The zero-order chi connectivity index (χ0) is 22.4. The van der Waals surface area contributed by atoms with Gasteiger partial charge in [-0.05, 0) is 49.8 Å². The van der Waals surface area contributed by atoms with Crippen LogP contribution in [0.1, 0.15) is 46.6 Å². The van der Waals surface area contributed by atoms with Crippen molar-refractivity contribution in [2.75, 3.05) is 20.1 Å². The van der Waals surface area contributed by atoms with E-state index in [0.29, 0.717) is 43.9 Å². The molecule has 0 N–H and O–H groups in total. The molecule has 1 atom stereocenters. The molecule has 1 saturated heterocycles. The van der Waals surface area contributed by atoms with Crippen LogP contribution in [0.5, 0.6) is 0 Å². The van der Waals surface area contributed by atoms with Crippen molar-refractivity contribution in [2.45, 2.75) is 38.9 Å². The van der Waals surface area contributed by atoms with Crippen LogP contribution in [0.25, 0.3) is 0 Å². The molecule has 1 aliphatic carbocycles. The van der Waals surface area contributed by atoms with Crippen molar-refractivity contribution in [3.8, 4) is 0 Å². The van der Waals surface area contributed by atoms with E-state index in [9.17, 15) is 22.8 Å². The molecule has 2 aliphatic rings. The Bertz CT molecular complexity index is 996. The van der Waals surface area contributed by atoms with Crippen LogP contribution in [0.4, 0.5) is 13.2 Å². The Morgan fingerprint density at radius 3 is 2.58 bits per heavy atom. The van der Waals surface area contributed by atoms with E-state index in [1.807, 2.05) is 0 Å². The van der Waals surface area contributed by atoms with Crippen LogP contribution >= 0.6 is 0 Å². The zero-order valence-electron chi connectivity index (χ0n) is 17.3. The Kier molecular flexibility index (Phi) is 5.26. The van der Waals surface area contributed by atoms with Crippen LogP contribution in [-0.4, -0.2) is 52.1 Å². The van der Waals surface area contributed by atoms with Crippen LogP contribution in [0.2, 0.25) is 0 Å². The van der Waals surface area contributed by atoms with Crippen LogP contribution in [0.15, 0.2) is 28.9 Å². The summed E-state index contributed by atoms with van der Waals surface area (Å²) in [6, 6.07) is 4.50. The van der Waals surface area contributed by atoms with Gasteiger partial charge in [0, 0.05) is 31.6 Å². The number of halogens is 3. The van der Waals surface area contributed by atoms with Crippen molar-refractivity contribution in [3.63, 3.8) is 0 Å². The molecule has 7 nitrogen and oxygen atoms in total. The number of benzene rings is 1. The molecule has 10 heteroatoms. The third-order valence-electron chi connectivity index (χ3n) is 6.48. The van der Waals surface area contributed by atoms with Gasteiger partial charge in [0.05, 0.1) is 12.1 Å². The minimum absolute atomic E-state index is 0.0278. The zero-order valence-corrected chi connectivity index (χ0v) is 17.3. The van der Waals surface area contributed by atoms with E-state index < -0.39 is 17.6 Å². The second kappa shape index (κ2) is 7.65. The second-order valence-electron chi connectivity index (χ2n) is 8.48. The number of aromatic nitrogens is 2. The van der Waals surface area contributed by atoms with Crippen LogP contribution in [-0.2, 0) is 17.5 Å². The monoisotopic (exact) mass is 436 g/mol. The molecule has 1 saturated carbocycles.